The summed E-state index contributed by atoms with van der Waals surface area (Å²) in [5, 5.41) is 0. The van der Waals surface area contributed by atoms with Crippen LogP contribution in [0.15, 0.2) is 30.9 Å². The van der Waals surface area contributed by atoms with Gasteiger partial charge in [0.1, 0.15) is 5.69 Å². The summed E-state index contributed by atoms with van der Waals surface area (Å²) in [5.41, 5.74) is 1.11. The lowest BCUT2D eigenvalue weighted by Crippen LogP contribution is -2.56. The molecule has 1 aliphatic heterocycles. The molecule has 5 nitrogen and oxygen atoms in total. The van der Waals surface area contributed by atoms with E-state index in [-0.39, 0.29) is 11.5 Å². The Morgan fingerprint density at radius 1 is 1.58 bits per heavy atom. The first-order valence-corrected chi connectivity index (χ1v) is 8.70. The minimum absolute atomic E-state index is 0.000894. The van der Waals surface area contributed by atoms with Crippen molar-refractivity contribution in [2.75, 3.05) is 32.9 Å². The summed E-state index contributed by atoms with van der Waals surface area (Å²) in [6, 6.07) is 5.58. The smallest absolute Gasteiger partial charge is 0.272 e. The fraction of sp³-hybridized carbons (Fsp3) is 0.579. The first-order chi connectivity index (χ1) is 11.6. The van der Waals surface area contributed by atoms with Crippen LogP contribution in [0.25, 0.3) is 0 Å². The van der Waals surface area contributed by atoms with Gasteiger partial charge in [-0.05, 0) is 31.9 Å². The quantitative estimate of drug-likeness (QED) is 0.615. The Kier molecular flexibility index (Phi) is 5.31. The molecule has 1 spiro atoms. The van der Waals surface area contributed by atoms with Gasteiger partial charge in [0.05, 0.1) is 32.0 Å². The summed E-state index contributed by atoms with van der Waals surface area (Å²) >= 11 is 0. The van der Waals surface area contributed by atoms with Gasteiger partial charge in [-0.1, -0.05) is 18.6 Å². The molecule has 2 aliphatic rings. The Balaban J connectivity index is 1.71. The van der Waals surface area contributed by atoms with Crippen molar-refractivity contribution in [2.45, 2.75) is 31.8 Å². The number of hydrogen-bond acceptors (Lipinski definition) is 4. The van der Waals surface area contributed by atoms with Crippen LogP contribution in [-0.2, 0) is 9.47 Å². The molecule has 1 amide bonds. The number of rotatable bonds is 5. The summed E-state index contributed by atoms with van der Waals surface area (Å²) in [7, 11) is 0. The number of ether oxygens (including phenoxy) is 2. The minimum Gasteiger partial charge on any atom is -0.377 e. The third kappa shape index (κ3) is 3.52. The lowest BCUT2D eigenvalue weighted by molar-refractivity contribution is -0.132. The van der Waals surface area contributed by atoms with E-state index in [1.165, 1.54) is 0 Å². The molecule has 24 heavy (non-hydrogen) atoms. The van der Waals surface area contributed by atoms with Gasteiger partial charge >= 0.3 is 0 Å². The number of aryl methyl sites for hydroxylation is 1. The van der Waals surface area contributed by atoms with Gasteiger partial charge in [0.25, 0.3) is 5.91 Å². The lowest BCUT2D eigenvalue weighted by atomic mass is 9.89. The number of nitrogens with zero attached hydrogens (tertiary/aromatic N) is 2. The molecular formula is C19H26N2O3. The van der Waals surface area contributed by atoms with Crippen LogP contribution < -0.4 is 0 Å². The third-order valence-electron chi connectivity index (χ3n) is 5.06. The van der Waals surface area contributed by atoms with Crippen molar-refractivity contribution in [2.24, 2.45) is 5.92 Å². The van der Waals surface area contributed by atoms with Crippen LogP contribution in [0, 0.1) is 12.8 Å². The van der Waals surface area contributed by atoms with E-state index in [4.69, 9.17) is 9.47 Å². The number of aromatic nitrogens is 1. The average Bonchev–Trinajstić information content (AvgIpc) is 2.96. The van der Waals surface area contributed by atoms with Crippen molar-refractivity contribution in [1.82, 2.24) is 9.88 Å². The maximum absolute atomic E-state index is 12.8. The molecular weight excluding hydrogens is 304 g/mol. The SMILES string of the molecule is C=CCOC[C@H]1CCC[C@@]12CN(C(=O)c1cccc(C)n1)CCO2. The molecule has 1 saturated heterocycles. The second-order valence-corrected chi connectivity index (χ2v) is 6.72. The molecule has 0 unspecified atom stereocenters. The zero-order valence-electron chi connectivity index (χ0n) is 14.4. The van der Waals surface area contributed by atoms with Gasteiger partial charge in [0, 0.05) is 18.2 Å². The highest BCUT2D eigenvalue weighted by Gasteiger charge is 2.48. The number of carbonyl (C=O) groups is 1. The monoisotopic (exact) mass is 330 g/mol. The molecule has 1 saturated carbocycles. The van der Waals surface area contributed by atoms with Crippen molar-refractivity contribution < 1.29 is 14.3 Å². The highest BCUT2D eigenvalue weighted by Crippen LogP contribution is 2.41. The summed E-state index contributed by atoms with van der Waals surface area (Å²) in [6.45, 7) is 8.64. The minimum atomic E-state index is -0.265. The van der Waals surface area contributed by atoms with Crippen LogP contribution in [0.3, 0.4) is 0 Å². The molecule has 3 rings (SSSR count). The Morgan fingerprint density at radius 3 is 3.25 bits per heavy atom. The highest BCUT2D eigenvalue weighted by atomic mass is 16.5. The topological polar surface area (TPSA) is 51.7 Å². The second-order valence-electron chi connectivity index (χ2n) is 6.72. The van der Waals surface area contributed by atoms with Gasteiger partial charge in [0.2, 0.25) is 0 Å². The summed E-state index contributed by atoms with van der Waals surface area (Å²) in [6.07, 6.45) is 4.96. The van der Waals surface area contributed by atoms with E-state index in [0.717, 1.165) is 25.0 Å². The fourth-order valence-corrected chi connectivity index (χ4v) is 3.85. The van der Waals surface area contributed by atoms with Crippen molar-refractivity contribution in [3.05, 3.63) is 42.2 Å². The van der Waals surface area contributed by atoms with E-state index >= 15 is 0 Å². The molecule has 2 atom stereocenters. The molecule has 1 aromatic rings. The molecule has 130 valence electrons. The van der Waals surface area contributed by atoms with E-state index in [2.05, 4.69) is 11.6 Å². The molecule has 5 heteroatoms. The summed E-state index contributed by atoms with van der Waals surface area (Å²) in [5.74, 6) is 0.331. The Morgan fingerprint density at radius 2 is 2.46 bits per heavy atom. The van der Waals surface area contributed by atoms with Crippen LogP contribution in [-0.4, -0.2) is 54.3 Å². The standard InChI is InChI=1S/C19H26N2O3/c1-3-11-23-13-16-7-5-9-19(16)14-21(10-12-24-19)18(22)17-8-4-6-15(2)20-17/h3-4,6,8,16H,1,5,7,9-14H2,2H3/t16-,19-/m1/s1. The Bertz CT molecular complexity index is 604. The predicted molar refractivity (Wildman–Crippen MR) is 91.9 cm³/mol. The molecule has 0 radical (unpaired) electrons. The second kappa shape index (κ2) is 7.45. The largest absolute Gasteiger partial charge is 0.377 e. The van der Waals surface area contributed by atoms with Crippen molar-refractivity contribution >= 4 is 5.91 Å². The van der Waals surface area contributed by atoms with E-state index in [1.54, 1.807) is 12.1 Å². The van der Waals surface area contributed by atoms with E-state index in [0.29, 0.717) is 44.5 Å². The van der Waals surface area contributed by atoms with Crippen LogP contribution in [0.1, 0.15) is 35.4 Å². The van der Waals surface area contributed by atoms with Gasteiger partial charge < -0.3 is 14.4 Å². The average molecular weight is 330 g/mol. The zero-order valence-corrected chi connectivity index (χ0v) is 14.4. The number of morpholine rings is 1. The maximum atomic E-state index is 12.8. The van der Waals surface area contributed by atoms with Gasteiger partial charge in [-0.3, -0.25) is 4.79 Å². The molecule has 2 fully saturated rings. The highest BCUT2D eigenvalue weighted by molar-refractivity contribution is 5.92. The number of hydrogen-bond donors (Lipinski definition) is 0. The number of pyridine rings is 1. The number of carbonyl (C=O) groups excluding carboxylic acids is 1. The first-order valence-electron chi connectivity index (χ1n) is 8.70. The van der Waals surface area contributed by atoms with Gasteiger partial charge in [-0.15, -0.1) is 6.58 Å². The van der Waals surface area contributed by atoms with Crippen LogP contribution >= 0.6 is 0 Å². The van der Waals surface area contributed by atoms with Crippen molar-refractivity contribution in [3.8, 4) is 0 Å². The first kappa shape index (κ1) is 17.1. The normalized spacial score (nSPS) is 26.7. The Labute approximate surface area is 143 Å². The van der Waals surface area contributed by atoms with E-state index in [9.17, 15) is 4.79 Å². The third-order valence-corrected chi connectivity index (χ3v) is 5.06. The molecule has 1 aliphatic carbocycles. The van der Waals surface area contributed by atoms with Gasteiger partial charge in [0.15, 0.2) is 0 Å². The van der Waals surface area contributed by atoms with E-state index < -0.39 is 0 Å². The molecule has 0 bridgehead atoms. The van der Waals surface area contributed by atoms with Crippen molar-refractivity contribution in [1.29, 1.82) is 0 Å². The van der Waals surface area contributed by atoms with Crippen LogP contribution in [0.5, 0.6) is 0 Å². The number of amides is 1. The predicted octanol–water partition coefficient (Wildman–Crippen LogP) is 2.60. The van der Waals surface area contributed by atoms with Crippen LogP contribution in [0.4, 0.5) is 0 Å². The summed E-state index contributed by atoms with van der Waals surface area (Å²) in [4.78, 5) is 19.1. The van der Waals surface area contributed by atoms with Crippen LogP contribution in [0.2, 0.25) is 0 Å². The lowest BCUT2D eigenvalue weighted by Gasteiger charge is -2.44. The Hall–Kier alpha value is -1.72. The summed E-state index contributed by atoms with van der Waals surface area (Å²) < 4.78 is 11.9. The molecule has 0 N–H and O–H groups in total. The molecule has 1 aromatic heterocycles. The zero-order chi connectivity index (χ0) is 17.0. The maximum Gasteiger partial charge on any atom is 0.272 e. The van der Waals surface area contributed by atoms with Gasteiger partial charge in [-0.25, -0.2) is 4.98 Å². The van der Waals surface area contributed by atoms with Gasteiger partial charge in [-0.2, -0.15) is 0 Å². The van der Waals surface area contributed by atoms with Crippen molar-refractivity contribution in [3.63, 3.8) is 0 Å². The van der Waals surface area contributed by atoms with E-state index in [1.807, 2.05) is 24.0 Å². The molecule has 0 aromatic carbocycles. The molecule has 2 heterocycles. The fourth-order valence-electron chi connectivity index (χ4n) is 3.85.